The van der Waals surface area contributed by atoms with Crippen molar-refractivity contribution in [1.29, 1.82) is 0 Å². The zero-order chi connectivity index (χ0) is 16.7. The van der Waals surface area contributed by atoms with Crippen molar-refractivity contribution in [2.24, 2.45) is 0 Å². The number of carbonyl (C=O) groups excluding carboxylic acids is 1. The van der Waals surface area contributed by atoms with Gasteiger partial charge in [-0.2, -0.15) is 5.10 Å². The molecule has 7 heteroatoms. The molecule has 1 aromatic carbocycles. The van der Waals surface area contributed by atoms with Gasteiger partial charge in [0.05, 0.1) is 17.8 Å². The van der Waals surface area contributed by atoms with Gasteiger partial charge in [0.1, 0.15) is 5.82 Å². The van der Waals surface area contributed by atoms with E-state index in [9.17, 15) is 4.79 Å². The van der Waals surface area contributed by atoms with Crippen LogP contribution in [0.4, 0.5) is 5.82 Å². The average Bonchev–Trinajstić information content (AvgIpc) is 2.95. The molecule has 0 unspecified atom stereocenters. The molecule has 0 spiro atoms. The standard InChI is InChI=1S/C16H18BrIN4O/c1-10-6-12(15(18)13(17)7-10)16(23)21(3)14-4-5-19-22(14)11-8-20(2)9-11/h4-7,11H,8-9H2,1-3H3. The first-order chi connectivity index (χ1) is 10.9. The van der Waals surface area contributed by atoms with Crippen LogP contribution in [0.2, 0.25) is 0 Å². The van der Waals surface area contributed by atoms with E-state index >= 15 is 0 Å². The molecular formula is C16H18BrIN4O. The summed E-state index contributed by atoms with van der Waals surface area (Å²) in [5, 5.41) is 4.41. The first-order valence-corrected chi connectivity index (χ1v) is 9.21. The molecule has 2 heterocycles. The highest BCUT2D eigenvalue weighted by atomic mass is 127. The van der Waals surface area contributed by atoms with E-state index in [1.54, 1.807) is 11.1 Å². The second kappa shape index (κ2) is 6.52. The number of carbonyl (C=O) groups is 1. The maximum Gasteiger partial charge on any atom is 0.260 e. The lowest BCUT2D eigenvalue weighted by Crippen LogP contribution is -2.46. The fraction of sp³-hybridized carbons (Fsp3) is 0.375. The summed E-state index contributed by atoms with van der Waals surface area (Å²) in [6.07, 6.45) is 1.76. The first-order valence-electron chi connectivity index (χ1n) is 7.34. The molecule has 2 aromatic rings. The quantitative estimate of drug-likeness (QED) is 0.622. The lowest BCUT2D eigenvalue weighted by atomic mass is 10.1. The van der Waals surface area contributed by atoms with Crippen LogP contribution in [0.15, 0.2) is 28.9 Å². The van der Waals surface area contributed by atoms with Crippen LogP contribution in [0.1, 0.15) is 22.0 Å². The Hall–Kier alpha value is -0.930. The van der Waals surface area contributed by atoms with Crippen LogP contribution in [0.5, 0.6) is 0 Å². The van der Waals surface area contributed by atoms with Gasteiger partial charge in [-0.1, -0.05) is 0 Å². The van der Waals surface area contributed by atoms with Crippen molar-refractivity contribution in [3.63, 3.8) is 0 Å². The summed E-state index contributed by atoms with van der Waals surface area (Å²) in [6, 6.07) is 6.19. The Balaban J connectivity index is 1.91. The summed E-state index contributed by atoms with van der Waals surface area (Å²) < 4.78 is 3.83. The van der Waals surface area contributed by atoms with Crippen molar-refractivity contribution in [2.75, 3.05) is 32.1 Å². The molecule has 5 nitrogen and oxygen atoms in total. The average molecular weight is 489 g/mol. The molecule has 1 aliphatic heterocycles. The molecule has 0 bridgehead atoms. The molecule has 0 atom stereocenters. The van der Waals surface area contributed by atoms with Crippen molar-refractivity contribution in [1.82, 2.24) is 14.7 Å². The minimum absolute atomic E-state index is 0.0202. The van der Waals surface area contributed by atoms with Crippen LogP contribution in [-0.2, 0) is 0 Å². The van der Waals surface area contributed by atoms with Gasteiger partial charge in [-0.05, 0) is 70.2 Å². The van der Waals surface area contributed by atoms with Crippen LogP contribution in [-0.4, -0.2) is 47.8 Å². The maximum atomic E-state index is 13.0. The van der Waals surface area contributed by atoms with E-state index in [1.807, 2.05) is 36.9 Å². The van der Waals surface area contributed by atoms with E-state index in [-0.39, 0.29) is 5.91 Å². The second-order valence-electron chi connectivity index (χ2n) is 5.98. The molecule has 0 saturated carbocycles. The third kappa shape index (κ3) is 3.18. The van der Waals surface area contributed by atoms with E-state index < -0.39 is 0 Å². The number of likely N-dealkylation sites (N-methyl/N-ethyl adjacent to an activating group) is 1. The number of amides is 1. The molecule has 0 radical (unpaired) electrons. The van der Waals surface area contributed by atoms with E-state index in [4.69, 9.17) is 0 Å². The Kier molecular flexibility index (Phi) is 4.80. The Bertz CT molecular complexity index is 755. The van der Waals surface area contributed by atoms with Crippen LogP contribution in [0.3, 0.4) is 0 Å². The van der Waals surface area contributed by atoms with Crippen LogP contribution < -0.4 is 4.90 Å². The van der Waals surface area contributed by atoms with Gasteiger partial charge < -0.3 is 4.90 Å². The summed E-state index contributed by atoms with van der Waals surface area (Å²) in [7, 11) is 3.89. The van der Waals surface area contributed by atoms with Crippen LogP contribution in [0, 0.1) is 10.5 Å². The monoisotopic (exact) mass is 488 g/mol. The van der Waals surface area contributed by atoms with E-state index in [0.717, 1.165) is 32.5 Å². The highest BCUT2D eigenvalue weighted by Crippen LogP contribution is 2.29. The number of hydrogen-bond donors (Lipinski definition) is 0. The first kappa shape index (κ1) is 16.9. The fourth-order valence-electron chi connectivity index (χ4n) is 2.84. The fourth-order valence-corrected chi connectivity index (χ4v) is 3.96. The molecule has 0 aliphatic carbocycles. The van der Waals surface area contributed by atoms with Crippen molar-refractivity contribution in [3.8, 4) is 0 Å². The summed E-state index contributed by atoms with van der Waals surface area (Å²) in [6.45, 7) is 3.92. The molecule has 1 amide bonds. The predicted octanol–water partition coefficient (Wildman–Crippen LogP) is 3.32. The third-order valence-corrected chi connectivity index (χ3v) is 6.62. The van der Waals surface area contributed by atoms with Crippen molar-refractivity contribution in [3.05, 3.63) is 43.6 Å². The summed E-state index contributed by atoms with van der Waals surface area (Å²) in [5.41, 5.74) is 1.77. The molecule has 0 N–H and O–H groups in total. The van der Waals surface area contributed by atoms with Crippen molar-refractivity contribution >= 4 is 50.2 Å². The van der Waals surface area contributed by atoms with Gasteiger partial charge in [0.15, 0.2) is 0 Å². The number of aryl methyl sites for hydroxylation is 1. The highest BCUT2D eigenvalue weighted by Gasteiger charge is 2.29. The summed E-state index contributed by atoms with van der Waals surface area (Å²) in [4.78, 5) is 16.9. The van der Waals surface area contributed by atoms with Crippen molar-refractivity contribution < 1.29 is 4.79 Å². The number of likely N-dealkylation sites (tertiary alicyclic amines) is 1. The number of halogens is 2. The molecule has 1 saturated heterocycles. The van der Waals surface area contributed by atoms with Gasteiger partial charge in [-0.3, -0.25) is 9.69 Å². The summed E-state index contributed by atoms with van der Waals surface area (Å²) in [5.74, 6) is 0.815. The van der Waals surface area contributed by atoms with Crippen LogP contribution in [0.25, 0.3) is 0 Å². The third-order valence-electron chi connectivity index (χ3n) is 4.09. The molecule has 1 aromatic heterocycles. The zero-order valence-electron chi connectivity index (χ0n) is 13.3. The number of benzene rings is 1. The van der Waals surface area contributed by atoms with Crippen LogP contribution >= 0.6 is 38.5 Å². The van der Waals surface area contributed by atoms with Crippen molar-refractivity contribution in [2.45, 2.75) is 13.0 Å². The molecule has 23 heavy (non-hydrogen) atoms. The topological polar surface area (TPSA) is 41.4 Å². The normalized spacial score (nSPS) is 15.5. The minimum atomic E-state index is -0.0202. The molecule has 1 aliphatic rings. The van der Waals surface area contributed by atoms with E-state index in [0.29, 0.717) is 11.6 Å². The zero-order valence-corrected chi connectivity index (χ0v) is 17.0. The van der Waals surface area contributed by atoms with Gasteiger partial charge in [-0.25, -0.2) is 4.68 Å². The molecule has 122 valence electrons. The number of anilines is 1. The smallest absolute Gasteiger partial charge is 0.260 e. The van der Waals surface area contributed by atoms with Gasteiger partial charge in [0, 0.05) is 34.2 Å². The molecule has 3 rings (SSSR count). The largest absolute Gasteiger partial charge is 0.302 e. The molecule has 1 fully saturated rings. The second-order valence-corrected chi connectivity index (χ2v) is 7.91. The highest BCUT2D eigenvalue weighted by molar-refractivity contribution is 14.1. The number of hydrogen-bond acceptors (Lipinski definition) is 3. The Morgan fingerprint density at radius 2 is 2.13 bits per heavy atom. The summed E-state index contributed by atoms with van der Waals surface area (Å²) >= 11 is 5.73. The van der Waals surface area contributed by atoms with Gasteiger partial charge >= 0.3 is 0 Å². The number of nitrogens with zero attached hydrogens (tertiary/aromatic N) is 4. The Morgan fingerprint density at radius 1 is 1.43 bits per heavy atom. The van der Waals surface area contributed by atoms with Gasteiger partial charge in [-0.15, -0.1) is 0 Å². The Morgan fingerprint density at radius 3 is 2.78 bits per heavy atom. The lowest BCUT2D eigenvalue weighted by Gasteiger charge is -2.37. The van der Waals surface area contributed by atoms with E-state index in [2.05, 4.69) is 55.6 Å². The lowest BCUT2D eigenvalue weighted by molar-refractivity contribution is 0.0984. The molecular weight excluding hydrogens is 471 g/mol. The predicted molar refractivity (Wildman–Crippen MR) is 103 cm³/mol. The Labute approximate surface area is 157 Å². The number of aromatic nitrogens is 2. The van der Waals surface area contributed by atoms with Gasteiger partial charge in [0.25, 0.3) is 5.91 Å². The number of rotatable bonds is 3. The minimum Gasteiger partial charge on any atom is -0.302 e. The SMILES string of the molecule is Cc1cc(Br)c(I)c(C(=O)N(C)c2ccnn2C2CN(C)C2)c1. The van der Waals surface area contributed by atoms with Gasteiger partial charge in [0.2, 0.25) is 0 Å². The van der Waals surface area contributed by atoms with E-state index in [1.165, 1.54) is 0 Å². The maximum absolute atomic E-state index is 13.0.